The summed E-state index contributed by atoms with van der Waals surface area (Å²) < 4.78 is 38.1. The molecule has 1 radical (unpaired) electrons. The largest absolute Gasteiger partial charge is 0.416 e. The summed E-state index contributed by atoms with van der Waals surface area (Å²) in [4.78, 5) is 13.5. The van der Waals surface area contributed by atoms with Crippen molar-refractivity contribution in [1.29, 1.82) is 0 Å². The van der Waals surface area contributed by atoms with Crippen molar-refractivity contribution in [3.8, 4) is 11.1 Å². The lowest BCUT2D eigenvalue weighted by molar-refractivity contribution is -0.137. The van der Waals surface area contributed by atoms with Crippen molar-refractivity contribution in [1.82, 2.24) is 0 Å². The number of hydrogen-bond donors (Lipinski definition) is 0. The Morgan fingerprint density at radius 1 is 1.09 bits per heavy atom. The molecule has 0 fully saturated rings. The van der Waals surface area contributed by atoms with Crippen LogP contribution >= 0.6 is 0 Å². The van der Waals surface area contributed by atoms with Crippen LogP contribution in [0.4, 0.5) is 18.9 Å². The Kier molecular flexibility index (Phi) is 3.88. The zero-order chi connectivity index (χ0) is 16.6. The molecule has 1 amide bonds. The Bertz CT molecular complexity index is 735. The zero-order valence-electron chi connectivity index (χ0n) is 12.5. The number of carbonyl (C=O) groups is 1. The molecule has 23 heavy (non-hydrogen) atoms. The lowest BCUT2D eigenvalue weighted by Gasteiger charge is -2.30. The van der Waals surface area contributed by atoms with Gasteiger partial charge in [0.2, 0.25) is 5.91 Å². The first-order chi connectivity index (χ1) is 10.9. The number of halogens is 3. The molecule has 0 spiro atoms. The Balaban J connectivity index is 2.09. The third kappa shape index (κ3) is 2.96. The van der Waals surface area contributed by atoms with E-state index in [0.29, 0.717) is 5.56 Å². The molecular weight excluding hydrogens is 303 g/mol. The van der Waals surface area contributed by atoms with Crippen molar-refractivity contribution in [3.05, 3.63) is 60.1 Å². The summed E-state index contributed by atoms with van der Waals surface area (Å²) >= 11 is 0. The van der Waals surface area contributed by atoms with Crippen molar-refractivity contribution in [3.63, 3.8) is 0 Å². The van der Waals surface area contributed by atoms with Gasteiger partial charge in [-0.1, -0.05) is 30.3 Å². The van der Waals surface area contributed by atoms with E-state index in [-0.39, 0.29) is 5.91 Å². The summed E-state index contributed by atoms with van der Waals surface area (Å²) in [5, 5.41) is 0. The number of carbonyl (C=O) groups excluding carboxylic acids is 1. The first kappa shape index (κ1) is 15.6. The van der Waals surface area contributed by atoms with E-state index >= 15 is 0 Å². The van der Waals surface area contributed by atoms with Gasteiger partial charge < -0.3 is 4.90 Å². The van der Waals surface area contributed by atoms with Crippen LogP contribution in [0, 0.1) is 6.54 Å². The number of anilines is 1. The highest BCUT2D eigenvalue weighted by atomic mass is 19.4. The van der Waals surface area contributed by atoms with Gasteiger partial charge in [0.25, 0.3) is 0 Å². The van der Waals surface area contributed by atoms with Crippen LogP contribution in [0.25, 0.3) is 11.1 Å². The average Bonchev–Trinajstić information content (AvgIpc) is 2.53. The molecule has 0 aromatic heterocycles. The van der Waals surface area contributed by atoms with Crippen LogP contribution in [-0.4, -0.2) is 5.91 Å². The van der Waals surface area contributed by atoms with Crippen molar-refractivity contribution in [2.45, 2.75) is 25.9 Å². The fourth-order valence-corrected chi connectivity index (χ4v) is 2.88. The molecule has 5 heteroatoms. The zero-order valence-corrected chi connectivity index (χ0v) is 12.5. The molecule has 2 aromatic rings. The lowest BCUT2D eigenvalue weighted by Crippen LogP contribution is -2.30. The summed E-state index contributed by atoms with van der Waals surface area (Å²) in [6.07, 6.45) is -2.77. The van der Waals surface area contributed by atoms with Gasteiger partial charge in [0.15, 0.2) is 0 Å². The second-order valence-corrected chi connectivity index (χ2v) is 5.50. The first-order valence-electron chi connectivity index (χ1n) is 7.30. The summed E-state index contributed by atoms with van der Waals surface area (Å²) in [5.74, 6) is -0.106. The van der Waals surface area contributed by atoms with Crippen molar-refractivity contribution in [2.75, 3.05) is 4.90 Å². The molecule has 2 nitrogen and oxygen atoms in total. The Labute approximate surface area is 132 Å². The molecule has 3 rings (SSSR count). The normalized spacial score (nSPS) is 14.5. The maximum atomic E-state index is 12.7. The topological polar surface area (TPSA) is 20.3 Å². The van der Waals surface area contributed by atoms with Gasteiger partial charge >= 0.3 is 6.18 Å². The Morgan fingerprint density at radius 2 is 1.78 bits per heavy atom. The number of para-hydroxylation sites is 1. The number of amides is 1. The summed E-state index contributed by atoms with van der Waals surface area (Å²) in [7, 11) is 0. The lowest BCUT2D eigenvalue weighted by atomic mass is 9.93. The van der Waals surface area contributed by atoms with Crippen LogP contribution in [0.5, 0.6) is 0 Å². The fourth-order valence-electron chi connectivity index (χ4n) is 2.88. The minimum Gasteiger partial charge on any atom is -0.307 e. The minimum atomic E-state index is -4.35. The quantitative estimate of drug-likeness (QED) is 0.737. The smallest absolute Gasteiger partial charge is 0.307 e. The van der Waals surface area contributed by atoms with Gasteiger partial charge in [-0.2, -0.15) is 13.2 Å². The summed E-state index contributed by atoms with van der Waals surface area (Å²) in [5.41, 5.74) is 2.55. The highest BCUT2D eigenvalue weighted by Gasteiger charge is 2.30. The predicted octanol–water partition coefficient (Wildman–Crippen LogP) is 4.83. The molecule has 0 unspecified atom stereocenters. The second-order valence-electron chi connectivity index (χ2n) is 5.50. The maximum Gasteiger partial charge on any atom is 0.416 e. The summed E-state index contributed by atoms with van der Waals surface area (Å²) in [6, 6.07) is 10.7. The van der Waals surface area contributed by atoms with Crippen molar-refractivity contribution in [2.24, 2.45) is 0 Å². The van der Waals surface area contributed by atoms with Gasteiger partial charge in [0.05, 0.1) is 17.8 Å². The van der Waals surface area contributed by atoms with Gasteiger partial charge in [-0.3, -0.25) is 4.79 Å². The van der Waals surface area contributed by atoms with E-state index < -0.39 is 11.7 Å². The molecule has 1 heterocycles. The third-order valence-corrected chi connectivity index (χ3v) is 3.95. The Morgan fingerprint density at radius 3 is 2.39 bits per heavy atom. The monoisotopic (exact) mass is 318 g/mol. The number of hydrogen-bond acceptors (Lipinski definition) is 1. The van der Waals surface area contributed by atoms with Crippen LogP contribution in [0.1, 0.15) is 24.5 Å². The van der Waals surface area contributed by atoms with Gasteiger partial charge in [-0.05, 0) is 36.1 Å². The van der Waals surface area contributed by atoms with Crippen LogP contribution in [0.2, 0.25) is 0 Å². The van der Waals surface area contributed by atoms with Crippen LogP contribution in [0.15, 0.2) is 42.5 Å². The van der Waals surface area contributed by atoms with Gasteiger partial charge in [0.1, 0.15) is 0 Å². The van der Waals surface area contributed by atoms with E-state index in [0.717, 1.165) is 41.8 Å². The molecule has 0 bridgehead atoms. The number of aryl methyl sites for hydroxylation is 1. The third-order valence-electron chi connectivity index (χ3n) is 3.95. The molecule has 1 aliphatic rings. The van der Waals surface area contributed by atoms with Gasteiger partial charge in [-0.25, -0.2) is 0 Å². The number of rotatable bonds is 1. The highest BCUT2D eigenvalue weighted by molar-refractivity contribution is 5.99. The average molecular weight is 318 g/mol. The van der Waals surface area contributed by atoms with E-state index in [1.54, 1.807) is 4.90 Å². The van der Waals surface area contributed by atoms with Crippen LogP contribution < -0.4 is 4.90 Å². The van der Waals surface area contributed by atoms with E-state index in [1.165, 1.54) is 19.1 Å². The molecular formula is C18H15F3NO. The molecule has 0 saturated heterocycles. The highest BCUT2D eigenvalue weighted by Crippen LogP contribution is 2.39. The van der Waals surface area contributed by atoms with Crippen molar-refractivity contribution < 1.29 is 18.0 Å². The number of nitrogens with zero attached hydrogens (tertiary/aromatic N) is 1. The standard InChI is InChI=1S/C18H15F3NO/c1-12(23)22-11-3-5-14-4-2-6-16(17(14)22)13-7-9-15(10-8-13)18(19,20)21/h2,4,6-11H,3,5H2,1H3. The van der Waals surface area contributed by atoms with Crippen molar-refractivity contribution >= 4 is 11.6 Å². The van der Waals surface area contributed by atoms with E-state index in [2.05, 4.69) is 0 Å². The molecule has 2 aromatic carbocycles. The van der Waals surface area contributed by atoms with Crippen LogP contribution in [0.3, 0.4) is 0 Å². The van der Waals surface area contributed by atoms with E-state index in [4.69, 9.17) is 0 Å². The molecule has 0 N–H and O–H groups in total. The van der Waals surface area contributed by atoms with Gasteiger partial charge in [0, 0.05) is 12.5 Å². The molecule has 0 atom stereocenters. The predicted molar refractivity (Wildman–Crippen MR) is 82.7 cm³/mol. The van der Waals surface area contributed by atoms with Gasteiger partial charge in [-0.15, -0.1) is 0 Å². The number of alkyl halides is 3. The summed E-state index contributed by atoms with van der Waals surface area (Å²) in [6.45, 7) is 3.31. The maximum absolute atomic E-state index is 12.7. The first-order valence-corrected chi connectivity index (χ1v) is 7.30. The molecule has 0 saturated carbocycles. The Hall–Kier alpha value is -2.30. The molecule has 1 aliphatic heterocycles. The van der Waals surface area contributed by atoms with E-state index in [9.17, 15) is 18.0 Å². The number of benzene rings is 2. The molecule has 119 valence electrons. The molecule has 0 aliphatic carbocycles. The minimum absolute atomic E-state index is 0.106. The fraction of sp³-hybridized carbons (Fsp3) is 0.222. The van der Waals surface area contributed by atoms with E-state index in [1.807, 2.05) is 24.7 Å². The SMILES string of the molecule is CC(=O)N1[CH]CCc2cccc(-c3ccc(C(F)(F)F)cc3)c21. The second kappa shape index (κ2) is 5.72. The number of fused-ring (bicyclic) bond motifs is 1. The van der Waals surface area contributed by atoms with Crippen LogP contribution in [-0.2, 0) is 17.4 Å².